The monoisotopic (exact) mass is 287 g/mol. The summed E-state index contributed by atoms with van der Waals surface area (Å²) < 4.78 is 14.0. The number of rotatable bonds is 6. The fourth-order valence-corrected chi connectivity index (χ4v) is 2.29. The van der Waals surface area contributed by atoms with Gasteiger partial charge in [0.25, 0.3) is 0 Å². The van der Waals surface area contributed by atoms with Crippen LogP contribution in [0.1, 0.15) is 50.6 Å². The summed E-state index contributed by atoms with van der Waals surface area (Å²) in [5.74, 6) is -0.220. The minimum atomic E-state index is -0.220. The Morgan fingerprint density at radius 3 is 2.75 bits per heavy atom. The van der Waals surface area contributed by atoms with Crippen molar-refractivity contribution in [1.82, 2.24) is 0 Å². The topological polar surface area (TPSA) is 26.0 Å². The fraction of sp³-hybridized carbons (Fsp3) is 0.538. The number of nitrogens with two attached hydrogens (primary N) is 1. The summed E-state index contributed by atoms with van der Waals surface area (Å²) in [6, 6.07) is 4.62. The average Bonchev–Trinajstić information content (AvgIpc) is 2.27. The van der Waals surface area contributed by atoms with Crippen molar-refractivity contribution in [3.8, 4) is 0 Å². The molecule has 90 valence electrons. The van der Waals surface area contributed by atoms with Crippen molar-refractivity contribution in [2.75, 3.05) is 0 Å². The lowest BCUT2D eigenvalue weighted by atomic mass is 10.0. The van der Waals surface area contributed by atoms with E-state index >= 15 is 0 Å². The number of halogens is 2. The van der Waals surface area contributed by atoms with Crippen LogP contribution in [0.4, 0.5) is 4.39 Å². The summed E-state index contributed by atoms with van der Waals surface area (Å²) >= 11 is 3.41. The molecule has 0 saturated carbocycles. The molecule has 0 bridgehead atoms. The maximum absolute atomic E-state index is 13.1. The highest BCUT2D eigenvalue weighted by molar-refractivity contribution is 9.10. The Kier molecular flexibility index (Phi) is 5.99. The Bertz CT molecular complexity index is 328. The molecule has 0 fully saturated rings. The standard InChI is InChI=1S/C13H19BrFN/c1-2-3-4-5-6-13(16)11-9-10(15)7-8-12(11)14/h7-9,13H,2-6,16H2,1H3. The first-order valence-electron chi connectivity index (χ1n) is 5.85. The van der Waals surface area contributed by atoms with Crippen LogP contribution in [-0.4, -0.2) is 0 Å². The van der Waals surface area contributed by atoms with E-state index in [-0.39, 0.29) is 11.9 Å². The van der Waals surface area contributed by atoms with Crippen molar-refractivity contribution in [1.29, 1.82) is 0 Å². The molecule has 0 radical (unpaired) electrons. The molecule has 0 heterocycles. The van der Waals surface area contributed by atoms with Crippen LogP contribution < -0.4 is 5.73 Å². The zero-order valence-electron chi connectivity index (χ0n) is 9.68. The van der Waals surface area contributed by atoms with Gasteiger partial charge in [0.15, 0.2) is 0 Å². The molecule has 0 aliphatic rings. The van der Waals surface area contributed by atoms with Gasteiger partial charge in [-0.15, -0.1) is 0 Å². The Labute approximate surface area is 105 Å². The molecule has 3 heteroatoms. The summed E-state index contributed by atoms with van der Waals surface area (Å²) in [7, 11) is 0. The molecule has 1 rings (SSSR count). The van der Waals surface area contributed by atoms with Gasteiger partial charge in [-0.25, -0.2) is 4.39 Å². The van der Waals surface area contributed by atoms with Crippen LogP contribution in [0.3, 0.4) is 0 Å². The van der Waals surface area contributed by atoms with Crippen LogP contribution in [0.5, 0.6) is 0 Å². The van der Waals surface area contributed by atoms with Gasteiger partial charge < -0.3 is 5.73 Å². The number of benzene rings is 1. The Balaban J connectivity index is 2.51. The first kappa shape index (κ1) is 13.7. The van der Waals surface area contributed by atoms with E-state index in [1.807, 2.05) is 0 Å². The molecule has 0 aliphatic heterocycles. The molecule has 0 aromatic heterocycles. The number of unbranched alkanes of at least 4 members (excludes halogenated alkanes) is 3. The van der Waals surface area contributed by atoms with Gasteiger partial charge in [0, 0.05) is 10.5 Å². The summed E-state index contributed by atoms with van der Waals surface area (Å²) in [5.41, 5.74) is 6.92. The predicted molar refractivity (Wildman–Crippen MR) is 69.8 cm³/mol. The lowest BCUT2D eigenvalue weighted by Gasteiger charge is -2.13. The van der Waals surface area contributed by atoms with Gasteiger partial charge in [-0.2, -0.15) is 0 Å². The Morgan fingerprint density at radius 2 is 2.06 bits per heavy atom. The fourth-order valence-electron chi connectivity index (χ4n) is 1.75. The minimum absolute atomic E-state index is 0.0677. The van der Waals surface area contributed by atoms with Crippen molar-refractivity contribution in [3.63, 3.8) is 0 Å². The molecule has 0 aliphatic carbocycles. The maximum Gasteiger partial charge on any atom is 0.123 e. The van der Waals surface area contributed by atoms with Gasteiger partial charge >= 0.3 is 0 Å². The van der Waals surface area contributed by atoms with Gasteiger partial charge in [0.1, 0.15) is 5.82 Å². The molecule has 1 nitrogen and oxygen atoms in total. The Morgan fingerprint density at radius 1 is 1.31 bits per heavy atom. The van der Waals surface area contributed by atoms with Crippen LogP contribution >= 0.6 is 15.9 Å². The van der Waals surface area contributed by atoms with Crippen molar-refractivity contribution >= 4 is 15.9 Å². The summed E-state index contributed by atoms with van der Waals surface area (Å²) in [6.45, 7) is 2.18. The zero-order chi connectivity index (χ0) is 12.0. The molecule has 16 heavy (non-hydrogen) atoms. The molecule has 0 amide bonds. The quantitative estimate of drug-likeness (QED) is 0.763. The van der Waals surface area contributed by atoms with Crippen molar-refractivity contribution < 1.29 is 4.39 Å². The van der Waals surface area contributed by atoms with E-state index in [0.717, 1.165) is 22.9 Å². The van der Waals surface area contributed by atoms with Gasteiger partial charge in [0.05, 0.1) is 0 Å². The number of hydrogen-bond acceptors (Lipinski definition) is 1. The molecule has 1 aromatic carbocycles. The lowest BCUT2D eigenvalue weighted by molar-refractivity contribution is 0.559. The molecule has 1 atom stereocenters. The van der Waals surface area contributed by atoms with E-state index in [0.29, 0.717) is 0 Å². The lowest BCUT2D eigenvalue weighted by Crippen LogP contribution is -2.11. The normalized spacial score (nSPS) is 12.8. The summed E-state index contributed by atoms with van der Waals surface area (Å²) in [4.78, 5) is 0. The van der Waals surface area contributed by atoms with E-state index in [9.17, 15) is 4.39 Å². The van der Waals surface area contributed by atoms with Gasteiger partial charge in [0.2, 0.25) is 0 Å². The van der Waals surface area contributed by atoms with Crippen LogP contribution in [0, 0.1) is 5.82 Å². The third-order valence-corrected chi connectivity index (χ3v) is 3.45. The van der Waals surface area contributed by atoms with Crippen LogP contribution in [0.25, 0.3) is 0 Å². The van der Waals surface area contributed by atoms with Crippen molar-refractivity contribution in [2.24, 2.45) is 5.73 Å². The first-order valence-corrected chi connectivity index (χ1v) is 6.65. The highest BCUT2D eigenvalue weighted by Crippen LogP contribution is 2.26. The molecular weight excluding hydrogens is 269 g/mol. The summed E-state index contributed by atoms with van der Waals surface area (Å²) in [6.07, 6.45) is 5.70. The van der Waals surface area contributed by atoms with Crippen LogP contribution in [-0.2, 0) is 0 Å². The predicted octanol–water partition coefficient (Wildman–Crippen LogP) is 4.56. The van der Waals surface area contributed by atoms with E-state index < -0.39 is 0 Å². The molecule has 1 unspecified atom stereocenters. The van der Waals surface area contributed by atoms with Crippen LogP contribution in [0.15, 0.2) is 22.7 Å². The third-order valence-electron chi connectivity index (χ3n) is 2.73. The maximum atomic E-state index is 13.1. The third kappa shape index (κ3) is 4.22. The SMILES string of the molecule is CCCCCCC(N)c1cc(F)ccc1Br. The molecule has 0 spiro atoms. The second-order valence-electron chi connectivity index (χ2n) is 4.12. The van der Waals surface area contributed by atoms with Gasteiger partial charge in [-0.1, -0.05) is 48.5 Å². The van der Waals surface area contributed by atoms with Crippen molar-refractivity contribution in [2.45, 2.75) is 45.1 Å². The second-order valence-corrected chi connectivity index (χ2v) is 4.98. The van der Waals surface area contributed by atoms with E-state index in [4.69, 9.17) is 5.73 Å². The molecule has 2 N–H and O–H groups in total. The molecule has 1 aromatic rings. The summed E-state index contributed by atoms with van der Waals surface area (Å²) in [5, 5.41) is 0. The molecular formula is C13H19BrFN. The minimum Gasteiger partial charge on any atom is -0.324 e. The first-order chi connectivity index (χ1) is 7.65. The average molecular weight is 288 g/mol. The highest BCUT2D eigenvalue weighted by Gasteiger charge is 2.10. The van der Waals surface area contributed by atoms with E-state index in [1.165, 1.54) is 31.4 Å². The highest BCUT2D eigenvalue weighted by atomic mass is 79.9. The van der Waals surface area contributed by atoms with E-state index in [2.05, 4.69) is 22.9 Å². The molecule has 0 saturated heterocycles. The van der Waals surface area contributed by atoms with Gasteiger partial charge in [-0.05, 0) is 30.2 Å². The Hall–Kier alpha value is -0.410. The second kappa shape index (κ2) is 7.02. The smallest absolute Gasteiger partial charge is 0.123 e. The largest absolute Gasteiger partial charge is 0.324 e. The van der Waals surface area contributed by atoms with Gasteiger partial charge in [-0.3, -0.25) is 0 Å². The van der Waals surface area contributed by atoms with Crippen LogP contribution in [0.2, 0.25) is 0 Å². The van der Waals surface area contributed by atoms with E-state index in [1.54, 1.807) is 6.07 Å². The number of hydrogen-bond donors (Lipinski definition) is 1. The van der Waals surface area contributed by atoms with Crippen molar-refractivity contribution in [3.05, 3.63) is 34.1 Å². The zero-order valence-corrected chi connectivity index (χ0v) is 11.3.